The number of carbonyl (C=O) groups excluding carboxylic acids is 1. The van der Waals surface area contributed by atoms with Gasteiger partial charge < -0.3 is 19.2 Å². The van der Waals surface area contributed by atoms with Crippen LogP contribution >= 0.6 is 11.6 Å². The highest BCUT2D eigenvalue weighted by Gasteiger charge is 2.14. The zero-order valence-electron chi connectivity index (χ0n) is 13.4. The number of anilines is 1. The molecule has 1 aliphatic rings. The fraction of sp³-hybridized carbons (Fsp3) is 0.211. The molecule has 0 amide bonds. The number of benzene rings is 2. The van der Waals surface area contributed by atoms with Crippen molar-refractivity contribution in [1.29, 1.82) is 0 Å². The monoisotopic (exact) mass is 357 g/mol. The average Bonchev–Trinajstić information content (AvgIpc) is 2.89. The Hall–Kier alpha value is -2.66. The lowest BCUT2D eigenvalue weighted by atomic mass is 10.2. The number of rotatable bonds is 4. The molecule has 128 valence electrons. The third-order valence-electron chi connectivity index (χ3n) is 3.95. The molecule has 1 aromatic heterocycles. The van der Waals surface area contributed by atoms with Crippen molar-refractivity contribution in [3.63, 3.8) is 0 Å². The van der Waals surface area contributed by atoms with Gasteiger partial charge in [0.2, 0.25) is 5.78 Å². The quantitative estimate of drug-likeness (QED) is 0.694. The summed E-state index contributed by atoms with van der Waals surface area (Å²) >= 11 is 5.96. The van der Waals surface area contributed by atoms with Gasteiger partial charge in [0.25, 0.3) is 0 Å². The first-order chi connectivity index (χ1) is 12.2. The van der Waals surface area contributed by atoms with Crippen LogP contribution in [0.25, 0.3) is 11.0 Å². The molecular formula is C19H16ClNO4. The number of ether oxygens (including phenoxy) is 2. The first kappa shape index (κ1) is 15.8. The summed E-state index contributed by atoms with van der Waals surface area (Å²) in [4.78, 5) is 12.4. The summed E-state index contributed by atoms with van der Waals surface area (Å²) in [5.74, 6) is 1.58. The van der Waals surface area contributed by atoms with Crippen molar-refractivity contribution in [3.8, 4) is 11.5 Å². The molecule has 0 atom stereocenters. The molecule has 25 heavy (non-hydrogen) atoms. The van der Waals surface area contributed by atoms with Crippen LogP contribution in [0.1, 0.15) is 17.0 Å². The number of hydrogen-bond donors (Lipinski definition) is 1. The molecule has 0 unspecified atom stereocenters. The smallest absolute Gasteiger partial charge is 0.216 e. The van der Waals surface area contributed by atoms with Crippen molar-refractivity contribution >= 4 is 34.0 Å². The van der Waals surface area contributed by atoms with E-state index < -0.39 is 0 Å². The lowest BCUT2D eigenvalue weighted by molar-refractivity contribution is 0.0982. The molecule has 0 fully saturated rings. The van der Waals surface area contributed by atoms with E-state index in [-0.39, 0.29) is 12.3 Å². The van der Waals surface area contributed by atoms with Crippen LogP contribution in [0.5, 0.6) is 11.5 Å². The van der Waals surface area contributed by atoms with Crippen LogP contribution in [0.3, 0.4) is 0 Å². The second-order valence-corrected chi connectivity index (χ2v) is 6.22. The maximum Gasteiger partial charge on any atom is 0.216 e. The normalized spacial score (nSPS) is 13.5. The predicted molar refractivity (Wildman–Crippen MR) is 96.1 cm³/mol. The van der Waals surface area contributed by atoms with Crippen molar-refractivity contribution in [2.24, 2.45) is 0 Å². The highest BCUT2D eigenvalue weighted by molar-refractivity contribution is 6.31. The molecule has 5 nitrogen and oxygen atoms in total. The zero-order chi connectivity index (χ0) is 17.2. The number of Topliss-reactive ketones (excluding diaryl/α,β-unsaturated/α-hetero) is 1. The maximum absolute atomic E-state index is 12.4. The fourth-order valence-corrected chi connectivity index (χ4v) is 2.87. The summed E-state index contributed by atoms with van der Waals surface area (Å²) in [7, 11) is 0. The van der Waals surface area contributed by atoms with Gasteiger partial charge in [-0.25, -0.2) is 0 Å². The molecule has 2 aromatic carbocycles. The van der Waals surface area contributed by atoms with Gasteiger partial charge in [-0.2, -0.15) is 0 Å². The van der Waals surface area contributed by atoms with E-state index >= 15 is 0 Å². The van der Waals surface area contributed by atoms with Crippen molar-refractivity contribution < 1.29 is 18.7 Å². The molecule has 0 aliphatic carbocycles. The lowest BCUT2D eigenvalue weighted by Gasteiger charge is -2.10. The topological polar surface area (TPSA) is 60.7 Å². The molecule has 1 N–H and O–H groups in total. The molecular weight excluding hydrogens is 342 g/mol. The Morgan fingerprint density at radius 1 is 1.04 bits per heavy atom. The van der Waals surface area contributed by atoms with Gasteiger partial charge in [0, 0.05) is 28.6 Å². The van der Waals surface area contributed by atoms with E-state index in [0.717, 1.165) is 23.2 Å². The Morgan fingerprint density at radius 2 is 1.88 bits per heavy atom. The number of hydrogen-bond acceptors (Lipinski definition) is 5. The van der Waals surface area contributed by atoms with Gasteiger partial charge in [-0.1, -0.05) is 11.6 Å². The summed E-state index contributed by atoms with van der Waals surface area (Å²) in [5.41, 5.74) is 1.43. The summed E-state index contributed by atoms with van der Waals surface area (Å²) in [6.45, 7) is 1.39. The van der Waals surface area contributed by atoms with Gasteiger partial charge in [0.1, 0.15) is 5.58 Å². The highest BCUT2D eigenvalue weighted by Crippen LogP contribution is 2.32. The van der Waals surface area contributed by atoms with E-state index in [1.165, 1.54) is 0 Å². The SMILES string of the molecule is O=C(CNc1ccc2c(c1)OCCCO2)c1cc2cc(Cl)ccc2o1. The first-order valence-corrected chi connectivity index (χ1v) is 8.43. The molecule has 2 heterocycles. The third-order valence-corrected chi connectivity index (χ3v) is 4.19. The van der Waals surface area contributed by atoms with Gasteiger partial charge in [-0.15, -0.1) is 0 Å². The van der Waals surface area contributed by atoms with Crippen LogP contribution in [0.2, 0.25) is 5.02 Å². The number of halogens is 1. The first-order valence-electron chi connectivity index (χ1n) is 8.05. The second-order valence-electron chi connectivity index (χ2n) is 5.78. The van der Waals surface area contributed by atoms with Gasteiger partial charge in [0.15, 0.2) is 17.3 Å². The summed E-state index contributed by atoms with van der Waals surface area (Å²) in [6, 6.07) is 12.5. The minimum atomic E-state index is -0.139. The van der Waals surface area contributed by atoms with Crippen LogP contribution in [0, 0.1) is 0 Å². The van der Waals surface area contributed by atoms with E-state index in [1.54, 1.807) is 24.3 Å². The van der Waals surface area contributed by atoms with Crippen molar-refractivity contribution in [2.45, 2.75) is 6.42 Å². The molecule has 0 saturated carbocycles. The van der Waals surface area contributed by atoms with Crippen LogP contribution < -0.4 is 14.8 Å². The summed E-state index contributed by atoms with van der Waals surface area (Å²) in [6.07, 6.45) is 0.853. The van der Waals surface area contributed by atoms with Gasteiger partial charge in [-0.3, -0.25) is 4.79 Å². The van der Waals surface area contributed by atoms with Crippen LogP contribution in [-0.2, 0) is 0 Å². The largest absolute Gasteiger partial charge is 0.490 e. The molecule has 0 radical (unpaired) electrons. The van der Waals surface area contributed by atoms with Gasteiger partial charge in [0.05, 0.1) is 19.8 Å². The van der Waals surface area contributed by atoms with E-state index in [2.05, 4.69) is 5.32 Å². The van der Waals surface area contributed by atoms with E-state index in [0.29, 0.717) is 35.3 Å². The molecule has 0 bridgehead atoms. The van der Waals surface area contributed by atoms with Crippen molar-refractivity contribution in [2.75, 3.05) is 25.1 Å². The lowest BCUT2D eigenvalue weighted by Crippen LogP contribution is -2.13. The van der Waals surface area contributed by atoms with E-state index in [9.17, 15) is 4.79 Å². The van der Waals surface area contributed by atoms with E-state index in [4.69, 9.17) is 25.5 Å². The summed E-state index contributed by atoms with van der Waals surface area (Å²) < 4.78 is 16.8. The van der Waals surface area contributed by atoms with Crippen LogP contribution in [0.4, 0.5) is 5.69 Å². The minimum Gasteiger partial charge on any atom is -0.490 e. The molecule has 1 aliphatic heterocycles. The molecule has 4 rings (SSSR count). The Labute approximate surface area is 149 Å². The molecule has 6 heteroatoms. The minimum absolute atomic E-state index is 0.118. The van der Waals surface area contributed by atoms with E-state index in [1.807, 2.05) is 18.2 Å². The van der Waals surface area contributed by atoms with Gasteiger partial charge >= 0.3 is 0 Å². The highest BCUT2D eigenvalue weighted by atomic mass is 35.5. The number of furan rings is 1. The molecule has 3 aromatic rings. The molecule has 0 saturated heterocycles. The summed E-state index contributed by atoms with van der Waals surface area (Å²) in [5, 5.41) is 4.52. The second kappa shape index (κ2) is 6.69. The van der Waals surface area contributed by atoms with Crippen molar-refractivity contribution in [3.05, 3.63) is 53.2 Å². The standard InChI is InChI=1S/C19H16ClNO4/c20-13-2-4-16-12(8-13)9-18(25-16)15(22)11-21-14-3-5-17-19(10-14)24-7-1-6-23-17/h2-5,8-10,21H,1,6-7,11H2. The van der Waals surface area contributed by atoms with Crippen molar-refractivity contribution in [1.82, 2.24) is 0 Å². The van der Waals surface area contributed by atoms with Crippen LogP contribution in [-0.4, -0.2) is 25.5 Å². The Balaban J connectivity index is 1.46. The van der Waals surface area contributed by atoms with Gasteiger partial charge in [-0.05, 0) is 36.4 Å². The molecule has 0 spiro atoms. The maximum atomic E-state index is 12.4. The Morgan fingerprint density at radius 3 is 2.76 bits per heavy atom. The third kappa shape index (κ3) is 3.42. The Bertz CT molecular complexity index is 934. The number of carbonyl (C=O) groups is 1. The number of nitrogens with one attached hydrogen (secondary N) is 1. The predicted octanol–water partition coefficient (Wildman–Crippen LogP) is 4.54. The average molecular weight is 358 g/mol. The number of fused-ring (bicyclic) bond motifs is 2. The number of ketones is 1. The van der Waals surface area contributed by atoms with Crippen LogP contribution in [0.15, 0.2) is 46.9 Å². The fourth-order valence-electron chi connectivity index (χ4n) is 2.69. The zero-order valence-corrected chi connectivity index (χ0v) is 14.1. The Kier molecular flexibility index (Phi) is 4.24.